The van der Waals surface area contributed by atoms with Crippen LogP contribution < -0.4 is 26.4 Å². The summed E-state index contributed by atoms with van der Waals surface area (Å²) in [5.74, 6) is -0.265. The fourth-order valence-corrected chi connectivity index (χ4v) is 4.64. The molecule has 30 heavy (non-hydrogen) atoms. The first kappa shape index (κ1) is 22.2. The Hall–Kier alpha value is -2.47. The number of sulfonamides is 1. The largest absolute Gasteiger partial charge is 0.351 e. The van der Waals surface area contributed by atoms with Crippen LogP contribution in [0.2, 0.25) is 0 Å². The SMILES string of the molecule is CS(=O)(=O)NCc1cccc(-c2cc(NC(N)=O)c(C(=O)N[C@H]3CCCNC3)s2)c1. The summed E-state index contributed by atoms with van der Waals surface area (Å²) in [6.07, 6.45) is 2.98. The van der Waals surface area contributed by atoms with Gasteiger partial charge in [-0.15, -0.1) is 11.3 Å². The molecule has 0 radical (unpaired) electrons. The summed E-state index contributed by atoms with van der Waals surface area (Å²) in [5.41, 5.74) is 7.21. The molecule has 1 fully saturated rings. The predicted octanol–water partition coefficient (Wildman–Crippen LogP) is 1.44. The lowest BCUT2D eigenvalue weighted by atomic mass is 10.1. The number of benzene rings is 1. The Kier molecular flexibility index (Phi) is 7.08. The Balaban J connectivity index is 1.85. The van der Waals surface area contributed by atoms with E-state index in [1.165, 1.54) is 11.3 Å². The van der Waals surface area contributed by atoms with Crippen molar-refractivity contribution in [2.75, 3.05) is 24.7 Å². The average Bonchev–Trinajstić information content (AvgIpc) is 3.10. The summed E-state index contributed by atoms with van der Waals surface area (Å²) in [4.78, 5) is 25.4. The van der Waals surface area contributed by atoms with Crippen molar-refractivity contribution in [3.05, 3.63) is 40.8 Å². The summed E-state index contributed by atoms with van der Waals surface area (Å²) < 4.78 is 25.1. The highest BCUT2D eigenvalue weighted by molar-refractivity contribution is 7.88. The van der Waals surface area contributed by atoms with E-state index in [9.17, 15) is 18.0 Å². The number of hydrogen-bond donors (Lipinski definition) is 5. The first-order valence-corrected chi connectivity index (χ1v) is 12.2. The lowest BCUT2D eigenvalue weighted by molar-refractivity contribution is 0.0935. The van der Waals surface area contributed by atoms with E-state index in [1.807, 2.05) is 24.3 Å². The number of nitrogens with one attached hydrogen (secondary N) is 4. The average molecular weight is 452 g/mol. The quantitative estimate of drug-likeness (QED) is 0.433. The van der Waals surface area contributed by atoms with Crippen LogP contribution >= 0.6 is 11.3 Å². The Morgan fingerprint density at radius 1 is 1.30 bits per heavy atom. The molecule has 1 atom stereocenters. The number of carbonyl (C=O) groups is 2. The van der Waals surface area contributed by atoms with Crippen LogP contribution in [-0.2, 0) is 16.6 Å². The number of hydrogen-bond acceptors (Lipinski definition) is 6. The van der Waals surface area contributed by atoms with E-state index in [0.29, 0.717) is 17.1 Å². The van der Waals surface area contributed by atoms with Gasteiger partial charge < -0.3 is 21.7 Å². The van der Waals surface area contributed by atoms with Gasteiger partial charge in [-0.25, -0.2) is 17.9 Å². The molecule has 1 aromatic heterocycles. The summed E-state index contributed by atoms with van der Waals surface area (Å²) >= 11 is 1.24. The lowest BCUT2D eigenvalue weighted by Crippen LogP contribution is -2.45. The molecule has 1 aliphatic heterocycles. The number of rotatable bonds is 7. The van der Waals surface area contributed by atoms with E-state index in [1.54, 1.807) is 6.07 Å². The molecule has 2 heterocycles. The number of nitrogens with two attached hydrogens (primary N) is 1. The van der Waals surface area contributed by atoms with Gasteiger partial charge in [-0.05, 0) is 42.6 Å². The molecular formula is C19H25N5O4S2. The van der Waals surface area contributed by atoms with Gasteiger partial charge in [0, 0.05) is 24.0 Å². The van der Waals surface area contributed by atoms with E-state index >= 15 is 0 Å². The lowest BCUT2D eigenvalue weighted by Gasteiger charge is -2.23. The highest BCUT2D eigenvalue weighted by Crippen LogP contribution is 2.35. The van der Waals surface area contributed by atoms with E-state index in [-0.39, 0.29) is 18.5 Å². The van der Waals surface area contributed by atoms with Gasteiger partial charge in [-0.3, -0.25) is 4.79 Å². The standard InChI is InChI=1S/C19H25N5O4S2/c1-30(27,28)22-10-12-4-2-5-13(8-12)16-9-15(24-19(20)26)17(29-16)18(25)23-14-6-3-7-21-11-14/h2,4-5,8-9,14,21-22H,3,6-7,10-11H2,1H3,(H,23,25)(H3,20,24,26)/t14-/m0/s1. The summed E-state index contributed by atoms with van der Waals surface area (Å²) in [7, 11) is -3.31. The number of piperidine rings is 1. The highest BCUT2D eigenvalue weighted by Gasteiger charge is 2.22. The number of thiophene rings is 1. The van der Waals surface area contributed by atoms with Gasteiger partial charge in [0.25, 0.3) is 5.91 Å². The van der Waals surface area contributed by atoms with E-state index < -0.39 is 16.1 Å². The van der Waals surface area contributed by atoms with E-state index in [4.69, 9.17) is 5.73 Å². The molecule has 1 aromatic carbocycles. The fraction of sp³-hybridized carbons (Fsp3) is 0.368. The van der Waals surface area contributed by atoms with E-state index in [2.05, 4.69) is 20.7 Å². The van der Waals surface area contributed by atoms with Gasteiger partial charge in [0.2, 0.25) is 10.0 Å². The van der Waals surface area contributed by atoms with Crippen molar-refractivity contribution in [1.82, 2.24) is 15.4 Å². The normalized spacial score (nSPS) is 16.8. The third-order valence-electron chi connectivity index (χ3n) is 4.58. The van der Waals surface area contributed by atoms with Crippen LogP contribution in [0.4, 0.5) is 10.5 Å². The topological polar surface area (TPSA) is 142 Å². The molecule has 1 saturated heterocycles. The molecule has 0 aliphatic carbocycles. The fourth-order valence-electron chi connectivity index (χ4n) is 3.20. The van der Waals surface area contributed by atoms with Crippen molar-refractivity contribution >= 4 is 39.0 Å². The van der Waals surface area contributed by atoms with E-state index in [0.717, 1.165) is 41.6 Å². The van der Waals surface area contributed by atoms with Gasteiger partial charge in [0.15, 0.2) is 0 Å². The minimum atomic E-state index is -3.31. The molecule has 3 amide bonds. The molecule has 3 rings (SSSR count). The van der Waals surface area contributed by atoms with Crippen molar-refractivity contribution < 1.29 is 18.0 Å². The van der Waals surface area contributed by atoms with Gasteiger partial charge >= 0.3 is 6.03 Å². The third kappa shape index (κ3) is 6.26. The molecule has 11 heteroatoms. The second-order valence-corrected chi connectivity index (χ2v) is 10.0. The molecule has 162 valence electrons. The molecule has 6 N–H and O–H groups in total. The Morgan fingerprint density at radius 3 is 2.77 bits per heavy atom. The number of carbonyl (C=O) groups excluding carboxylic acids is 2. The smallest absolute Gasteiger partial charge is 0.316 e. The maximum Gasteiger partial charge on any atom is 0.316 e. The summed E-state index contributed by atoms with van der Waals surface area (Å²) in [6.45, 7) is 1.80. The van der Waals surface area contributed by atoms with Crippen LogP contribution in [0.1, 0.15) is 28.1 Å². The predicted molar refractivity (Wildman–Crippen MR) is 118 cm³/mol. The number of urea groups is 1. The monoisotopic (exact) mass is 451 g/mol. The van der Waals surface area contributed by atoms with Crippen molar-refractivity contribution in [3.63, 3.8) is 0 Å². The first-order chi connectivity index (χ1) is 14.2. The molecule has 1 aliphatic rings. The van der Waals surface area contributed by atoms with Crippen molar-refractivity contribution in [3.8, 4) is 10.4 Å². The third-order valence-corrected chi connectivity index (χ3v) is 6.43. The molecule has 2 aromatic rings. The van der Waals surface area contributed by atoms with Gasteiger partial charge in [0.1, 0.15) is 4.88 Å². The maximum absolute atomic E-state index is 12.8. The van der Waals surface area contributed by atoms with Crippen LogP contribution in [0.25, 0.3) is 10.4 Å². The van der Waals surface area contributed by atoms with Gasteiger partial charge in [-0.1, -0.05) is 18.2 Å². The van der Waals surface area contributed by atoms with Crippen LogP contribution in [0.5, 0.6) is 0 Å². The second-order valence-electron chi connectivity index (χ2n) is 7.15. The van der Waals surface area contributed by atoms with Crippen LogP contribution in [0.15, 0.2) is 30.3 Å². The maximum atomic E-state index is 12.8. The van der Waals surface area contributed by atoms with Crippen molar-refractivity contribution in [2.24, 2.45) is 5.73 Å². The van der Waals surface area contributed by atoms with Crippen LogP contribution in [0, 0.1) is 0 Å². The first-order valence-electron chi connectivity index (χ1n) is 9.47. The Morgan fingerprint density at radius 2 is 2.10 bits per heavy atom. The minimum Gasteiger partial charge on any atom is -0.351 e. The number of amides is 3. The Labute approximate surface area is 179 Å². The zero-order chi connectivity index (χ0) is 21.7. The molecular weight excluding hydrogens is 426 g/mol. The summed E-state index contributed by atoms with van der Waals surface area (Å²) in [5, 5.41) is 8.77. The minimum absolute atomic E-state index is 0.0311. The van der Waals surface area contributed by atoms with Crippen LogP contribution in [0.3, 0.4) is 0 Å². The molecule has 0 unspecified atom stereocenters. The zero-order valence-corrected chi connectivity index (χ0v) is 18.2. The zero-order valence-electron chi connectivity index (χ0n) is 16.5. The molecule has 0 spiro atoms. The summed E-state index contributed by atoms with van der Waals surface area (Å²) in [6, 6.07) is 8.29. The number of anilines is 1. The Bertz CT molecular complexity index is 1030. The van der Waals surface area contributed by atoms with Gasteiger partial charge in [-0.2, -0.15) is 0 Å². The van der Waals surface area contributed by atoms with Crippen LogP contribution in [-0.4, -0.2) is 45.7 Å². The molecule has 0 saturated carbocycles. The van der Waals surface area contributed by atoms with Gasteiger partial charge in [0.05, 0.1) is 11.9 Å². The highest BCUT2D eigenvalue weighted by atomic mass is 32.2. The number of primary amides is 1. The van der Waals surface area contributed by atoms with Crippen molar-refractivity contribution in [1.29, 1.82) is 0 Å². The molecule has 0 bridgehead atoms. The molecule has 9 nitrogen and oxygen atoms in total. The van der Waals surface area contributed by atoms with Crippen molar-refractivity contribution in [2.45, 2.75) is 25.4 Å². The second kappa shape index (κ2) is 9.56.